The van der Waals surface area contributed by atoms with Gasteiger partial charge in [-0.05, 0) is 96.0 Å². The van der Waals surface area contributed by atoms with Crippen LogP contribution in [0, 0.1) is 23.2 Å². The third-order valence-corrected chi connectivity index (χ3v) is 20.4. The van der Waals surface area contributed by atoms with Gasteiger partial charge in [-0.1, -0.05) is 127 Å². The molecule has 25 N–H and O–H groups in total. The lowest BCUT2D eigenvalue weighted by Crippen LogP contribution is -2.62. The quantitative estimate of drug-likeness (QED) is 0.0201. The van der Waals surface area contributed by atoms with E-state index in [2.05, 4.69) is 79.1 Å². The average Bonchev–Trinajstić information content (AvgIpc) is 1.76. The summed E-state index contributed by atoms with van der Waals surface area (Å²) in [5.41, 5.74) is 26.0. The van der Waals surface area contributed by atoms with E-state index in [9.17, 15) is 57.8 Å². The van der Waals surface area contributed by atoms with Crippen LogP contribution in [0.5, 0.6) is 0 Å². The standard InChI is InChI=1S/C77H106N20O15S/c1-7-42(6)65-76(112)93-58(37-98)67(103)86-36-61(100)87-52(24-16-28-83-77(81)82)68(104)92-57(33-60(79)99)70(106)91-56(32-47-35-85-51-22-13-11-20-49(47)51)73(109)95-63(40(2)3)74(110)89-53(23-14-15-27-78)69(105)90-55(31-46-34-84-50-21-12-10-19-48(46)50)72(108)96-64(41(4)5)75(111)94-59(66(80)102)38-113-39-62(101)88-54(71(107)97-65)30-43-25-26-44-17-8-9-18-45(44)29-43/h8-13,17-22,25-26,29,34-35,40-42,52-59,63-65,84-85,98H,7,14-16,23-24,27-28,30-33,36-39,78H2,1-6H3,(H2,79,99)(H2,80,102)(H,86,103)(H,87,100)(H,88,101)(H,89,110)(H,90,105)(H,91,106)(H,92,104)(H,93,112)(H,94,111)(H,95,109)(H,96,108)(H,97,107)(H4,81,82,83)/t42-,52-,53+,54-,55-,56-,57-,58-,59-,63-,64-,65-/m0/s1. The second-order valence-electron chi connectivity index (χ2n) is 28.7. The van der Waals surface area contributed by atoms with Gasteiger partial charge in [0.15, 0.2) is 5.96 Å². The summed E-state index contributed by atoms with van der Waals surface area (Å²) in [6.45, 7) is 8.05. The number of benzene rings is 4. The normalized spacial score (nSPS) is 23.1. The molecule has 1 aliphatic rings. The van der Waals surface area contributed by atoms with Crippen LogP contribution in [0.4, 0.5) is 0 Å². The number of nitrogens with one attached hydrogen (secondary N) is 16. The molecule has 0 radical (unpaired) electrons. The lowest BCUT2D eigenvalue weighted by atomic mass is 9.96. The number of hydrogen-bond donors (Lipinski definition) is 21. The van der Waals surface area contributed by atoms with E-state index in [1.165, 1.54) is 0 Å². The maximum atomic E-state index is 15.1. The first-order valence-electron chi connectivity index (χ1n) is 37.6. The van der Waals surface area contributed by atoms with Crippen molar-refractivity contribution in [2.45, 2.75) is 172 Å². The number of guanidine groups is 1. The number of aromatic nitrogens is 2. The molecular weight excluding hydrogens is 1480 g/mol. The van der Waals surface area contributed by atoms with Crippen LogP contribution >= 0.6 is 11.8 Å². The number of nitrogens with two attached hydrogens (primary N) is 4. The lowest BCUT2D eigenvalue weighted by Gasteiger charge is -2.29. The molecule has 1 fully saturated rings. The van der Waals surface area contributed by atoms with Gasteiger partial charge >= 0.3 is 0 Å². The van der Waals surface area contributed by atoms with Crippen LogP contribution in [-0.4, -0.2) is 208 Å². The summed E-state index contributed by atoms with van der Waals surface area (Å²) in [5.74, 6) is -16.7. The first-order chi connectivity index (χ1) is 53.9. The Bertz CT molecular complexity index is 4400. The summed E-state index contributed by atoms with van der Waals surface area (Å²) >= 11 is 0.866. The van der Waals surface area contributed by atoms with E-state index in [0.717, 1.165) is 22.5 Å². The number of carbonyl (C=O) groups is 14. The monoisotopic (exact) mass is 1580 g/mol. The van der Waals surface area contributed by atoms with Gasteiger partial charge in [0.25, 0.3) is 0 Å². The number of thioether (sulfide) groups is 1. The molecule has 0 saturated carbocycles. The third kappa shape index (κ3) is 26.5. The van der Waals surface area contributed by atoms with Crippen molar-refractivity contribution in [3.8, 4) is 0 Å². The third-order valence-electron chi connectivity index (χ3n) is 19.3. The molecule has 7 rings (SSSR count). The molecule has 14 amide bonds. The highest BCUT2D eigenvalue weighted by molar-refractivity contribution is 8.00. The van der Waals surface area contributed by atoms with Crippen LogP contribution in [-0.2, 0) is 86.4 Å². The lowest BCUT2D eigenvalue weighted by molar-refractivity contribution is -0.137. The molecule has 113 heavy (non-hydrogen) atoms. The van der Waals surface area contributed by atoms with Crippen molar-refractivity contribution in [2.24, 2.45) is 40.7 Å². The Labute approximate surface area is 657 Å². The molecule has 1 aliphatic heterocycles. The Morgan fingerprint density at radius 3 is 1.52 bits per heavy atom. The van der Waals surface area contributed by atoms with Gasteiger partial charge in [0.1, 0.15) is 66.5 Å². The molecule has 12 atom stereocenters. The zero-order valence-corrected chi connectivity index (χ0v) is 64.9. The fraction of sp³-hybridized carbons (Fsp3) is 0.468. The van der Waals surface area contributed by atoms with E-state index in [-0.39, 0.29) is 70.2 Å². The molecule has 3 heterocycles. The van der Waals surface area contributed by atoms with Gasteiger partial charge in [-0.2, -0.15) is 0 Å². The highest BCUT2D eigenvalue weighted by atomic mass is 32.2. The van der Waals surface area contributed by atoms with Crippen molar-refractivity contribution in [2.75, 3.05) is 37.7 Å². The molecule has 2 aromatic heterocycles. The minimum absolute atomic E-state index is 0.0132. The number of para-hydroxylation sites is 2. The van der Waals surface area contributed by atoms with Crippen molar-refractivity contribution in [3.63, 3.8) is 0 Å². The second kappa shape index (κ2) is 43.2. The number of fused-ring (bicyclic) bond motifs is 3. The predicted octanol–water partition coefficient (Wildman–Crippen LogP) is -1.87. The topological polar surface area (TPSA) is 575 Å². The maximum absolute atomic E-state index is 15.1. The molecule has 0 spiro atoms. The van der Waals surface area contributed by atoms with Crippen LogP contribution in [0.3, 0.4) is 0 Å². The SMILES string of the molecule is CC[C@H](C)[C@@H]1NC(=O)[C@H](Cc2ccc3ccccc3c2)NC(=O)CSC[C@@H](C(N)=O)NC(=O)[C@H](C(C)C)NC(=O)[C@H](Cc2c[nH]c3ccccc23)NC(=O)[C@@H](CCCCN)NC(=O)[C@H](C(C)C)NC(=O)[C@H](Cc2c[nH]c3ccccc23)NC(=O)[C@H](CC(N)=O)NC(=O)[C@H](CCCNC(=N)N)NC(=O)CNC(=O)[C@H](CO)NC1=O. The Hall–Kier alpha value is -11.7. The van der Waals surface area contributed by atoms with Gasteiger partial charge in [-0.3, -0.25) is 72.5 Å². The first kappa shape index (κ1) is 88.6. The summed E-state index contributed by atoms with van der Waals surface area (Å²) in [7, 11) is 0. The summed E-state index contributed by atoms with van der Waals surface area (Å²) in [6.07, 6.45) is 2.44. The largest absolute Gasteiger partial charge is 0.394 e. The number of unbranched alkanes of at least 4 members (excludes halogenated alkanes) is 1. The zero-order chi connectivity index (χ0) is 82.6. The molecule has 35 nitrogen and oxygen atoms in total. The number of hydrogen-bond acceptors (Lipinski definition) is 18. The molecule has 0 aliphatic carbocycles. The molecule has 0 unspecified atom stereocenters. The molecule has 610 valence electrons. The maximum Gasteiger partial charge on any atom is 0.245 e. The number of H-pyrrole nitrogens is 2. The highest BCUT2D eigenvalue weighted by Gasteiger charge is 2.39. The molecule has 0 bridgehead atoms. The molecule has 6 aromatic rings. The van der Waals surface area contributed by atoms with Crippen LogP contribution in [0.1, 0.15) is 103 Å². The molecule has 36 heteroatoms. The van der Waals surface area contributed by atoms with Gasteiger partial charge in [-0.15, -0.1) is 11.8 Å². The molecule has 1 saturated heterocycles. The van der Waals surface area contributed by atoms with Crippen molar-refractivity contribution in [1.82, 2.24) is 79.1 Å². The summed E-state index contributed by atoms with van der Waals surface area (Å²) in [5, 5.41) is 55.2. The van der Waals surface area contributed by atoms with E-state index in [0.29, 0.717) is 44.9 Å². The van der Waals surface area contributed by atoms with Gasteiger partial charge in [0.05, 0.1) is 25.3 Å². The summed E-state index contributed by atoms with van der Waals surface area (Å²) < 4.78 is 0. The second-order valence-corrected chi connectivity index (χ2v) is 29.7. The van der Waals surface area contributed by atoms with Gasteiger partial charge < -0.3 is 107 Å². The van der Waals surface area contributed by atoms with Crippen LogP contribution in [0.2, 0.25) is 0 Å². The number of carbonyl (C=O) groups excluding carboxylic acids is 14. The molecular formula is C77H106N20O15S. The Balaban J connectivity index is 1.26. The smallest absolute Gasteiger partial charge is 0.245 e. The minimum atomic E-state index is -1.86. The Kier molecular flexibility index (Phi) is 33.9. The number of aliphatic hydroxyl groups is 1. The Morgan fingerprint density at radius 2 is 0.982 bits per heavy atom. The number of aromatic amines is 2. The van der Waals surface area contributed by atoms with Gasteiger partial charge in [0.2, 0.25) is 82.7 Å². The zero-order valence-electron chi connectivity index (χ0n) is 64.1. The van der Waals surface area contributed by atoms with Crippen LogP contribution in [0.25, 0.3) is 32.6 Å². The average molecular weight is 1580 g/mol. The van der Waals surface area contributed by atoms with Crippen LogP contribution in [0.15, 0.2) is 103 Å². The fourth-order valence-electron chi connectivity index (χ4n) is 12.8. The summed E-state index contributed by atoms with van der Waals surface area (Å²) in [6, 6.07) is 10.1. The Morgan fingerprint density at radius 1 is 0.513 bits per heavy atom. The number of amides is 14. The van der Waals surface area contributed by atoms with Crippen molar-refractivity contribution >= 4 is 133 Å². The number of aliphatic hydroxyl groups excluding tert-OH is 1. The van der Waals surface area contributed by atoms with Crippen molar-refractivity contribution < 1.29 is 72.2 Å². The first-order valence-corrected chi connectivity index (χ1v) is 38.8. The van der Waals surface area contributed by atoms with Gasteiger partial charge in [-0.25, -0.2) is 0 Å². The molecule has 4 aromatic carbocycles. The number of rotatable bonds is 22. The van der Waals surface area contributed by atoms with Crippen molar-refractivity contribution in [3.05, 3.63) is 120 Å². The number of primary amides is 2. The van der Waals surface area contributed by atoms with Crippen LogP contribution < -0.4 is 92.1 Å². The van der Waals surface area contributed by atoms with Gasteiger partial charge in [0, 0.05) is 65.8 Å². The van der Waals surface area contributed by atoms with E-state index < -0.39 is 198 Å². The summed E-state index contributed by atoms with van der Waals surface area (Å²) in [4.78, 5) is 207. The highest BCUT2D eigenvalue weighted by Crippen LogP contribution is 2.24. The van der Waals surface area contributed by atoms with E-state index in [1.54, 1.807) is 109 Å². The van der Waals surface area contributed by atoms with E-state index in [1.807, 2.05) is 36.4 Å². The van der Waals surface area contributed by atoms with Crippen molar-refractivity contribution in [1.29, 1.82) is 5.41 Å². The van der Waals surface area contributed by atoms with E-state index in [4.69, 9.17) is 28.3 Å². The fourth-order valence-corrected chi connectivity index (χ4v) is 13.7. The van der Waals surface area contributed by atoms with E-state index >= 15 is 14.4 Å². The predicted molar refractivity (Wildman–Crippen MR) is 425 cm³/mol. The minimum Gasteiger partial charge on any atom is -0.394 e.